The fraction of sp³-hybridized carbons (Fsp3) is 0.0769. The maximum Gasteiger partial charge on any atom is 0.0921 e. The van der Waals surface area contributed by atoms with Crippen molar-refractivity contribution in [1.29, 1.82) is 0 Å². The highest BCUT2D eigenvalue weighted by Gasteiger charge is 2.35. The Morgan fingerprint density at radius 1 is 0.607 bits per heavy atom. The quantitative estimate of drug-likeness (QED) is 0.156. The number of anilines is 2. The Hall–Kier alpha value is -6.88. The first-order valence-electron chi connectivity index (χ1n) is 19.5. The van der Waals surface area contributed by atoms with Crippen molar-refractivity contribution in [3.05, 3.63) is 217 Å². The summed E-state index contributed by atoms with van der Waals surface area (Å²) in [7, 11) is 0. The lowest BCUT2D eigenvalue weighted by atomic mass is 9.89. The minimum atomic E-state index is -0.279. The summed E-state index contributed by atoms with van der Waals surface area (Å²) < 4.78 is 2.36. The van der Waals surface area contributed by atoms with Crippen LogP contribution in [0.1, 0.15) is 29.2 Å². The standard InChI is InChI=1S/C52H42N4/c53-48(42-31-40(36-14-4-1-5-15-36)30-41(32-42)37-16-6-2-7-17-37)28-29-54-35-55-49-22-12-10-20-44(49)46-33-38(24-26-50(46)55)39-25-27-52-47(34-39)45-21-11-13-23-51(45)56(52)43-18-8-3-9-19-43/h1-26,28-34,48,52,54H,27,35,53H2/b29-28-. The molecule has 10 rings (SSSR count). The van der Waals surface area contributed by atoms with Gasteiger partial charge < -0.3 is 20.5 Å². The largest absolute Gasteiger partial charge is 0.374 e. The lowest BCUT2D eigenvalue weighted by Crippen LogP contribution is -2.27. The molecule has 2 aliphatic rings. The first-order valence-corrected chi connectivity index (χ1v) is 19.5. The summed E-state index contributed by atoms with van der Waals surface area (Å²) in [5.74, 6) is 0. The van der Waals surface area contributed by atoms with Crippen LogP contribution >= 0.6 is 0 Å². The number of aromatic nitrogens is 1. The number of para-hydroxylation sites is 3. The van der Waals surface area contributed by atoms with Gasteiger partial charge in [-0.3, -0.25) is 0 Å². The van der Waals surface area contributed by atoms with Gasteiger partial charge in [-0.2, -0.15) is 0 Å². The highest BCUT2D eigenvalue weighted by molar-refractivity contribution is 6.09. The zero-order valence-electron chi connectivity index (χ0n) is 31.1. The highest BCUT2D eigenvalue weighted by atomic mass is 15.2. The molecular formula is C52H42N4. The molecular weight excluding hydrogens is 681 g/mol. The summed E-state index contributed by atoms with van der Waals surface area (Å²) in [6, 6.07) is 63.0. The summed E-state index contributed by atoms with van der Waals surface area (Å²) in [5, 5.41) is 6.08. The average Bonchev–Trinajstić information content (AvgIpc) is 3.77. The van der Waals surface area contributed by atoms with E-state index in [2.05, 4.69) is 209 Å². The number of allylic oxidation sites excluding steroid dienone is 2. The number of hydrogen-bond acceptors (Lipinski definition) is 3. The molecule has 0 amide bonds. The molecule has 2 heterocycles. The lowest BCUT2D eigenvalue weighted by molar-refractivity contribution is 0.679. The molecule has 2 atom stereocenters. The third kappa shape index (κ3) is 6.11. The first-order chi connectivity index (χ1) is 27.7. The molecule has 0 fully saturated rings. The van der Waals surface area contributed by atoms with Gasteiger partial charge in [-0.15, -0.1) is 0 Å². The molecule has 1 aromatic heterocycles. The van der Waals surface area contributed by atoms with Gasteiger partial charge in [0, 0.05) is 33.8 Å². The van der Waals surface area contributed by atoms with Crippen LogP contribution in [-0.2, 0) is 6.67 Å². The topological polar surface area (TPSA) is 46.2 Å². The van der Waals surface area contributed by atoms with Gasteiger partial charge in [0.2, 0.25) is 0 Å². The van der Waals surface area contributed by atoms with E-state index in [-0.39, 0.29) is 12.1 Å². The summed E-state index contributed by atoms with van der Waals surface area (Å²) in [5.41, 5.74) is 22.8. The van der Waals surface area contributed by atoms with E-state index in [1.165, 1.54) is 66.6 Å². The fourth-order valence-corrected chi connectivity index (χ4v) is 8.66. The van der Waals surface area contributed by atoms with E-state index in [1.807, 2.05) is 6.20 Å². The van der Waals surface area contributed by atoms with Gasteiger partial charge in [0.15, 0.2) is 0 Å². The molecule has 270 valence electrons. The number of fused-ring (bicyclic) bond motifs is 6. The second kappa shape index (κ2) is 14.4. The summed E-state index contributed by atoms with van der Waals surface area (Å²) in [4.78, 5) is 2.50. The normalized spacial score (nSPS) is 15.4. The van der Waals surface area contributed by atoms with E-state index >= 15 is 0 Å². The van der Waals surface area contributed by atoms with Gasteiger partial charge in [0.25, 0.3) is 0 Å². The third-order valence-corrected chi connectivity index (χ3v) is 11.4. The predicted molar refractivity (Wildman–Crippen MR) is 235 cm³/mol. The molecule has 4 nitrogen and oxygen atoms in total. The third-order valence-electron chi connectivity index (χ3n) is 11.4. The zero-order chi connectivity index (χ0) is 37.4. The highest BCUT2D eigenvalue weighted by Crippen LogP contribution is 2.49. The molecule has 3 N–H and O–H groups in total. The van der Waals surface area contributed by atoms with E-state index in [4.69, 9.17) is 5.73 Å². The second-order valence-corrected chi connectivity index (χ2v) is 14.7. The van der Waals surface area contributed by atoms with Crippen molar-refractivity contribution < 1.29 is 0 Å². The van der Waals surface area contributed by atoms with E-state index in [0.29, 0.717) is 6.67 Å². The summed E-state index contributed by atoms with van der Waals surface area (Å²) in [6.45, 7) is 0.617. The minimum absolute atomic E-state index is 0.279. The lowest BCUT2D eigenvalue weighted by Gasteiger charge is -2.29. The van der Waals surface area contributed by atoms with Gasteiger partial charge >= 0.3 is 0 Å². The van der Waals surface area contributed by atoms with Crippen LogP contribution in [0.25, 0.3) is 55.2 Å². The van der Waals surface area contributed by atoms with Crippen LogP contribution in [0.5, 0.6) is 0 Å². The van der Waals surface area contributed by atoms with Crippen molar-refractivity contribution in [1.82, 2.24) is 9.88 Å². The molecule has 56 heavy (non-hydrogen) atoms. The van der Waals surface area contributed by atoms with Gasteiger partial charge in [-0.25, -0.2) is 0 Å². The predicted octanol–water partition coefficient (Wildman–Crippen LogP) is 12.3. The molecule has 4 heteroatoms. The second-order valence-electron chi connectivity index (χ2n) is 14.7. The number of nitrogens with zero attached hydrogens (tertiary/aromatic N) is 2. The fourth-order valence-electron chi connectivity index (χ4n) is 8.66. The van der Waals surface area contributed by atoms with E-state index in [0.717, 1.165) is 23.1 Å². The van der Waals surface area contributed by atoms with Crippen LogP contribution in [-0.4, -0.2) is 10.6 Å². The SMILES string of the molecule is NC(/C=C\NCn1c2ccccc2c2cc(C3=CCC4C(=C3)c3ccccc3N4c3ccccc3)ccc21)c1cc(-c2ccccc2)cc(-c2ccccc2)c1. The molecule has 1 aliphatic heterocycles. The molecule has 0 bridgehead atoms. The molecule has 0 saturated heterocycles. The van der Waals surface area contributed by atoms with Crippen LogP contribution in [0.3, 0.4) is 0 Å². The molecule has 8 aromatic rings. The summed E-state index contributed by atoms with van der Waals surface area (Å²) in [6.07, 6.45) is 9.85. The Morgan fingerprint density at radius 3 is 2.00 bits per heavy atom. The molecule has 0 spiro atoms. The average molecular weight is 723 g/mol. The molecule has 2 unspecified atom stereocenters. The van der Waals surface area contributed by atoms with Crippen LogP contribution < -0.4 is 16.0 Å². The molecule has 0 saturated carbocycles. The Balaban J connectivity index is 0.921. The molecule has 1 aliphatic carbocycles. The van der Waals surface area contributed by atoms with Crippen molar-refractivity contribution in [3.63, 3.8) is 0 Å². The van der Waals surface area contributed by atoms with Crippen molar-refractivity contribution in [2.75, 3.05) is 4.90 Å². The van der Waals surface area contributed by atoms with Crippen molar-refractivity contribution >= 4 is 44.3 Å². The van der Waals surface area contributed by atoms with Gasteiger partial charge in [-0.1, -0.05) is 127 Å². The number of benzene rings is 7. The smallest absolute Gasteiger partial charge is 0.0921 e. The maximum absolute atomic E-state index is 6.87. The van der Waals surface area contributed by atoms with E-state index in [1.54, 1.807) is 0 Å². The van der Waals surface area contributed by atoms with Gasteiger partial charge in [-0.05, 0) is 124 Å². The van der Waals surface area contributed by atoms with Crippen LogP contribution in [0.2, 0.25) is 0 Å². The van der Waals surface area contributed by atoms with E-state index < -0.39 is 0 Å². The Morgan fingerprint density at radius 2 is 1.25 bits per heavy atom. The Kier molecular flexibility index (Phi) is 8.66. The number of rotatable bonds is 9. The van der Waals surface area contributed by atoms with E-state index in [9.17, 15) is 0 Å². The summed E-state index contributed by atoms with van der Waals surface area (Å²) >= 11 is 0. The van der Waals surface area contributed by atoms with Crippen LogP contribution in [0, 0.1) is 0 Å². The molecule has 0 radical (unpaired) electrons. The Bertz CT molecular complexity index is 2740. The molecule has 7 aromatic carbocycles. The number of nitrogens with one attached hydrogen (secondary N) is 1. The minimum Gasteiger partial charge on any atom is -0.374 e. The van der Waals surface area contributed by atoms with Gasteiger partial charge in [0.1, 0.15) is 0 Å². The Labute approximate surface area is 328 Å². The maximum atomic E-state index is 6.87. The van der Waals surface area contributed by atoms with Crippen LogP contribution in [0.4, 0.5) is 11.4 Å². The van der Waals surface area contributed by atoms with Gasteiger partial charge in [0.05, 0.1) is 23.7 Å². The van der Waals surface area contributed by atoms with Crippen molar-refractivity contribution in [2.45, 2.75) is 25.2 Å². The first kappa shape index (κ1) is 33.7. The number of hydrogen-bond donors (Lipinski definition) is 2. The zero-order valence-corrected chi connectivity index (χ0v) is 31.1. The van der Waals surface area contributed by atoms with Crippen LogP contribution in [0.15, 0.2) is 200 Å². The number of nitrogens with two attached hydrogens (primary N) is 1. The monoisotopic (exact) mass is 722 g/mol. The van der Waals surface area contributed by atoms with Crippen molar-refractivity contribution in [3.8, 4) is 22.3 Å². The van der Waals surface area contributed by atoms with Crippen molar-refractivity contribution in [2.24, 2.45) is 5.73 Å².